The highest BCUT2D eigenvalue weighted by atomic mass is 35.5. The number of benzene rings is 1. The first-order valence-electron chi connectivity index (χ1n) is 5.24. The number of halogens is 1. The number of nitrogens with zero attached hydrogens (tertiary/aromatic N) is 2. The SMILES string of the molecule is Nc1ccc2nc(-c3ccccc3)c(Cl)n2c1. The van der Waals surface area contributed by atoms with Crippen LogP contribution in [0.5, 0.6) is 0 Å². The Balaban J connectivity index is 2.28. The Bertz CT molecular complexity index is 674. The summed E-state index contributed by atoms with van der Waals surface area (Å²) in [4.78, 5) is 4.50. The van der Waals surface area contributed by atoms with Crippen LogP contribution in [0.4, 0.5) is 5.69 Å². The van der Waals surface area contributed by atoms with Crippen LogP contribution in [0, 0.1) is 0 Å². The van der Waals surface area contributed by atoms with Crippen molar-refractivity contribution < 1.29 is 0 Å². The number of nitrogen functional groups attached to an aromatic ring is 1. The fourth-order valence-electron chi connectivity index (χ4n) is 1.81. The highest BCUT2D eigenvalue weighted by molar-refractivity contribution is 6.32. The van der Waals surface area contributed by atoms with Crippen molar-refractivity contribution in [3.8, 4) is 11.3 Å². The van der Waals surface area contributed by atoms with E-state index >= 15 is 0 Å². The highest BCUT2D eigenvalue weighted by Crippen LogP contribution is 2.28. The van der Waals surface area contributed by atoms with Gasteiger partial charge in [0.1, 0.15) is 16.5 Å². The molecule has 0 unspecified atom stereocenters. The lowest BCUT2D eigenvalue weighted by atomic mass is 10.2. The van der Waals surface area contributed by atoms with E-state index in [4.69, 9.17) is 17.3 Å². The molecule has 0 aliphatic heterocycles. The monoisotopic (exact) mass is 243 g/mol. The second-order valence-corrected chi connectivity index (χ2v) is 4.17. The van der Waals surface area contributed by atoms with Crippen LogP contribution in [0.25, 0.3) is 16.9 Å². The van der Waals surface area contributed by atoms with Gasteiger partial charge in [-0.3, -0.25) is 4.40 Å². The molecule has 2 N–H and O–H groups in total. The topological polar surface area (TPSA) is 43.3 Å². The first-order chi connectivity index (χ1) is 8.25. The molecule has 0 saturated heterocycles. The van der Waals surface area contributed by atoms with Crippen molar-refractivity contribution in [2.75, 3.05) is 5.73 Å². The number of pyridine rings is 1. The standard InChI is InChI=1S/C13H10ClN3/c14-13-12(9-4-2-1-3-5-9)16-11-7-6-10(15)8-17(11)13/h1-8H,15H2. The number of hydrogen-bond acceptors (Lipinski definition) is 2. The second kappa shape index (κ2) is 3.79. The summed E-state index contributed by atoms with van der Waals surface area (Å²) in [6.07, 6.45) is 1.77. The van der Waals surface area contributed by atoms with E-state index in [9.17, 15) is 0 Å². The van der Waals surface area contributed by atoms with Gasteiger partial charge >= 0.3 is 0 Å². The molecule has 0 aliphatic rings. The van der Waals surface area contributed by atoms with E-state index in [0.29, 0.717) is 10.8 Å². The number of anilines is 1. The number of hydrogen-bond donors (Lipinski definition) is 1. The quantitative estimate of drug-likeness (QED) is 0.713. The van der Waals surface area contributed by atoms with Gasteiger partial charge in [0, 0.05) is 17.4 Å². The molecular weight excluding hydrogens is 234 g/mol. The Morgan fingerprint density at radius 3 is 2.59 bits per heavy atom. The molecule has 3 aromatic rings. The molecule has 0 amide bonds. The van der Waals surface area contributed by atoms with E-state index < -0.39 is 0 Å². The maximum absolute atomic E-state index is 6.31. The van der Waals surface area contributed by atoms with Crippen molar-refractivity contribution in [1.82, 2.24) is 9.38 Å². The summed E-state index contributed by atoms with van der Waals surface area (Å²) >= 11 is 6.31. The summed E-state index contributed by atoms with van der Waals surface area (Å²) in [5.74, 6) is 0. The average Bonchev–Trinajstić information content (AvgIpc) is 2.68. The minimum Gasteiger partial charge on any atom is -0.398 e. The van der Waals surface area contributed by atoms with Crippen LogP contribution in [0.3, 0.4) is 0 Å². The summed E-state index contributed by atoms with van der Waals surface area (Å²) in [5.41, 5.74) is 8.97. The highest BCUT2D eigenvalue weighted by Gasteiger charge is 2.11. The lowest BCUT2D eigenvalue weighted by molar-refractivity contribution is 1.19. The first kappa shape index (κ1) is 10.2. The molecule has 3 rings (SSSR count). The van der Waals surface area contributed by atoms with Crippen molar-refractivity contribution in [1.29, 1.82) is 0 Å². The van der Waals surface area contributed by atoms with Crippen LogP contribution < -0.4 is 5.73 Å². The van der Waals surface area contributed by atoms with Crippen molar-refractivity contribution >= 4 is 22.9 Å². The summed E-state index contributed by atoms with van der Waals surface area (Å²) in [6, 6.07) is 13.5. The van der Waals surface area contributed by atoms with E-state index in [0.717, 1.165) is 16.9 Å². The summed E-state index contributed by atoms with van der Waals surface area (Å²) < 4.78 is 1.79. The average molecular weight is 244 g/mol. The van der Waals surface area contributed by atoms with Gasteiger partial charge in [0.2, 0.25) is 0 Å². The number of rotatable bonds is 1. The van der Waals surface area contributed by atoms with Gasteiger partial charge in [0.25, 0.3) is 0 Å². The van der Waals surface area contributed by atoms with Crippen molar-refractivity contribution in [2.45, 2.75) is 0 Å². The maximum atomic E-state index is 6.31. The molecule has 84 valence electrons. The molecule has 0 saturated carbocycles. The van der Waals surface area contributed by atoms with Crippen LogP contribution in [0.1, 0.15) is 0 Å². The molecule has 2 aromatic heterocycles. The van der Waals surface area contributed by atoms with Gasteiger partial charge in [-0.15, -0.1) is 0 Å². The molecule has 0 bridgehead atoms. The number of imidazole rings is 1. The van der Waals surface area contributed by atoms with Crippen molar-refractivity contribution in [3.05, 3.63) is 53.8 Å². The third-order valence-corrected chi connectivity index (χ3v) is 2.99. The maximum Gasteiger partial charge on any atom is 0.141 e. The zero-order chi connectivity index (χ0) is 11.8. The Labute approximate surface area is 103 Å². The van der Waals surface area contributed by atoms with E-state index in [2.05, 4.69) is 4.98 Å². The van der Waals surface area contributed by atoms with Gasteiger partial charge in [-0.05, 0) is 12.1 Å². The molecule has 0 fully saturated rings. The number of aromatic nitrogens is 2. The van der Waals surface area contributed by atoms with E-state index in [1.54, 1.807) is 10.6 Å². The minimum absolute atomic E-state index is 0.582. The Morgan fingerprint density at radius 1 is 1.06 bits per heavy atom. The number of nitrogens with two attached hydrogens (primary N) is 1. The third kappa shape index (κ3) is 1.65. The molecule has 2 heterocycles. The molecule has 3 nitrogen and oxygen atoms in total. The van der Waals surface area contributed by atoms with E-state index in [1.807, 2.05) is 42.5 Å². The van der Waals surface area contributed by atoms with Gasteiger partial charge in [-0.25, -0.2) is 4.98 Å². The zero-order valence-corrected chi connectivity index (χ0v) is 9.72. The number of fused-ring (bicyclic) bond motifs is 1. The Morgan fingerprint density at radius 2 is 1.82 bits per heavy atom. The smallest absolute Gasteiger partial charge is 0.141 e. The van der Waals surface area contributed by atoms with Crippen LogP contribution >= 0.6 is 11.6 Å². The second-order valence-electron chi connectivity index (χ2n) is 3.81. The molecule has 4 heteroatoms. The predicted octanol–water partition coefficient (Wildman–Crippen LogP) is 3.24. The van der Waals surface area contributed by atoms with Gasteiger partial charge < -0.3 is 5.73 Å². The van der Waals surface area contributed by atoms with Crippen LogP contribution in [-0.4, -0.2) is 9.38 Å². The lowest BCUT2D eigenvalue weighted by Crippen LogP contribution is -1.89. The zero-order valence-electron chi connectivity index (χ0n) is 8.97. The van der Waals surface area contributed by atoms with E-state index in [-0.39, 0.29) is 0 Å². The Kier molecular flexibility index (Phi) is 2.27. The molecule has 1 aromatic carbocycles. The molecule has 0 aliphatic carbocycles. The fourth-order valence-corrected chi connectivity index (χ4v) is 2.10. The van der Waals surface area contributed by atoms with Gasteiger partial charge in [0.05, 0.1) is 0 Å². The Hall–Kier alpha value is -2.00. The normalized spacial score (nSPS) is 10.9. The molecule has 17 heavy (non-hydrogen) atoms. The van der Waals surface area contributed by atoms with E-state index in [1.165, 1.54) is 0 Å². The third-order valence-electron chi connectivity index (χ3n) is 2.63. The molecule has 0 atom stereocenters. The van der Waals surface area contributed by atoms with Crippen LogP contribution in [0.15, 0.2) is 48.7 Å². The fraction of sp³-hybridized carbons (Fsp3) is 0. The summed E-state index contributed by atoms with van der Waals surface area (Å²) in [7, 11) is 0. The molecular formula is C13H10ClN3. The van der Waals surface area contributed by atoms with Crippen molar-refractivity contribution in [2.24, 2.45) is 0 Å². The first-order valence-corrected chi connectivity index (χ1v) is 5.62. The van der Waals surface area contributed by atoms with Gasteiger partial charge in [0.15, 0.2) is 0 Å². The van der Waals surface area contributed by atoms with Gasteiger partial charge in [-0.1, -0.05) is 41.9 Å². The summed E-state index contributed by atoms with van der Waals surface area (Å²) in [5, 5.41) is 0.582. The van der Waals surface area contributed by atoms with Gasteiger partial charge in [-0.2, -0.15) is 0 Å². The largest absolute Gasteiger partial charge is 0.398 e. The van der Waals surface area contributed by atoms with Crippen LogP contribution in [-0.2, 0) is 0 Å². The summed E-state index contributed by atoms with van der Waals surface area (Å²) in [6.45, 7) is 0. The minimum atomic E-state index is 0.582. The lowest BCUT2D eigenvalue weighted by Gasteiger charge is -1.97. The predicted molar refractivity (Wildman–Crippen MR) is 70.1 cm³/mol. The van der Waals surface area contributed by atoms with Crippen molar-refractivity contribution in [3.63, 3.8) is 0 Å². The van der Waals surface area contributed by atoms with Crippen LogP contribution in [0.2, 0.25) is 5.15 Å². The molecule has 0 spiro atoms. The molecule has 0 radical (unpaired) electrons.